The van der Waals surface area contributed by atoms with Gasteiger partial charge in [-0.05, 0) is 35.2 Å². The first-order valence-corrected chi connectivity index (χ1v) is 11.1. The number of benzene rings is 1. The van der Waals surface area contributed by atoms with Crippen molar-refractivity contribution in [1.82, 2.24) is 14.5 Å². The van der Waals surface area contributed by atoms with Crippen LogP contribution in [0.3, 0.4) is 0 Å². The molecule has 8 nitrogen and oxygen atoms in total. The van der Waals surface area contributed by atoms with Gasteiger partial charge in [0.25, 0.3) is 15.9 Å². The van der Waals surface area contributed by atoms with Gasteiger partial charge in [-0.2, -0.15) is 4.31 Å². The topological polar surface area (TPSA) is 105 Å². The maximum absolute atomic E-state index is 12.6. The number of rotatable bonds is 6. The molecule has 0 bridgehead atoms. The zero-order valence-corrected chi connectivity index (χ0v) is 18.2. The Kier molecular flexibility index (Phi) is 5.87. The molecule has 10 heteroatoms. The molecule has 3 aromatic rings. The van der Waals surface area contributed by atoms with Crippen LogP contribution in [0.4, 0.5) is 5.13 Å². The molecular formula is C19H22N4O4S2. The number of anilines is 1. The van der Waals surface area contributed by atoms with Gasteiger partial charge in [-0.25, -0.2) is 8.42 Å². The van der Waals surface area contributed by atoms with Gasteiger partial charge in [0, 0.05) is 12.6 Å². The van der Waals surface area contributed by atoms with Crippen LogP contribution in [0.25, 0.3) is 0 Å². The van der Waals surface area contributed by atoms with E-state index in [0.717, 1.165) is 21.2 Å². The highest BCUT2D eigenvalue weighted by atomic mass is 32.2. The van der Waals surface area contributed by atoms with E-state index in [1.54, 1.807) is 24.3 Å². The third kappa shape index (κ3) is 4.89. The van der Waals surface area contributed by atoms with Crippen LogP contribution in [0.1, 0.15) is 42.5 Å². The molecule has 154 valence electrons. The Morgan fingerprint density at radius 2 is 1.86 bits per heavy atom. The third-order valence-corrected chi connectivity index (χ3v) is 7.22. The molecule has 0 saturated carbocycles. The Morgan fingerprint density at radius 1 is 1.17 bits per heavy atom. The first-order valence-electron chi connectivity index (χ1n) is 8.81. The number of hydrogen-bond donors (Lipinski definition) is 1. The molecule has 0 aliphatic heterocycles. The van der Waals surface area contributed by atoms with Gasteiger partial charge in [0.1, 0.15) is 5.76 Å². The van der Waals surface area contributed by atoms with Crippen molar-refractivity contribution in [2.24, 2.45) is 0 Å². The second-order valence-electron chi connectivity index (χ2n) is 7.50. The van der Waals surface area contributed by atoms with E-state index in [4.69, 9.17) is 4.42 Å². The van der Waals surface area contributed by atoms with Crippen molar-refractivity contribution in [1.29, 1.82) is 0 Å². The quantitative estimate of drug-likeness (QED) is 0.595. The Bertz CT molecular complexity index is 1080. The normalized spacial score (nSPS) is 12.3. The van der Waals surface area contributed by atoms with E-state index >= 15 is 0 Å². The van der Waals surface area contributed by atoms with E-state index in [0.29, 0.717) is 11.3 Å². The maximum atomic E-state index is 12.6. The van der Waals surface area contributed by atoms with Crippen molar-refractivity contribution in [3.63, 3.8) is 0 Å². The standard InChI is InChI=1S/C19H22N4O4S2/c1-19(2,3)14-9-7-13(8-10-14)16(24)20-17-21-22-18(28-17)29(25,26)23(4)12-15-6-5-11-27-15/h5-11H,12H2,1-4H3,(H,20,21,24). The van der Waals surface area contributed by atoms with Gasteiger partial charge in [-0.3, -0.25) is 10.1 Å². The van der Waals surface area contributed by atoms with Crippen LogP contribution in [-0.4, -0.2) is 35.9 Å². The van der Waals surface area contributed by atoms with Crippen molar-refractivity contribution in [3.05, 3.63) is 59.5 Å². The first-order chi connectivity index (χ1) is 13.6. The van der Waals surface area contributed by atoms with E-state index < -0.39 is 10.0 Å². The van der Waals surface area contributed by atoms with Crippen LogP contribution < -0.4 is 5.32 Å². The number of nitrogens with one attached hydrogen (secondary N) is 1. The van der Waals surface area contributed by atoms with E-state index in [2.05, 4.69) is 36.3 Å². The van der Waals surface area contributed by atoms with Crippen molar-refractivity contribution >= 4 is 32.4 Å². The summed E-state index contributed by atoms with van der Waals surface area (Å²) in [5, 5.41) is 10.2. The molecule has 0 atom stereocenters. The Balaban J connectivity index is 1.70. The lowest BCUT2D eigenvalue weighted by atomic mass is 9.87. The Morgan fingerprint density at radius 3 is 2.45 bits per heavy atom. The van der Waals surface area contributed by atoms with Gasteiger partial charge in [0.15, 0.2) is 0 Å². The molecule has 0 fully saturated rings. The van der Waals surface area contributed by atoms with E-state index in [-0.39, 0.29) is 27.3 Å². The minimum Gasteiger partial charge on any atom is -0.468 e. The van der Waals surface area contributed by atoms with Crippen LogP contribution in [0.15, 0.2) is 51.4 Å². The molecule has 2 aromatic heterocycles. The van der Waals surface area contributed by atoms with Crippen molar-refractivity contribution in [3.8, 4) is 0 Å². The molecule has 0 aliphatic rings. The first kappa shape index (κ1) is 21.2. The summed E-state index contributed by atoms with van der Waals surface area (Å²) in [5.41, 5.74) is 1.55. The van der Waals surface area contributed by atoms with Gasteiger partial charge in [-0.15, -0.1) is 10.2 Å². The van der Waals surface area contributed by atoms with Gasteiger partial charge in [-0.1, -0.05) is 44.2 Å². The van der Waals surface area contributed by atoms with Gasteiger partial charge in [0.2, 0.25) is 9.47 Å². The summed E-state index contributed by atoms with van der Waals surface area (Å²) in [6.07, 6.45) is 1.47. The largest absolute Gasteiger partial charge is 0.468 e. The lowest BCUT2D eigenvalue weighted by Gasteiger charge is -2.18. The van der Waals surface area contributed by atoms with E-state index in [1.807, 2.05) is 12.1 Å². The number of amides is 1. The third-order valence-electron chi connectivity index (χ3n) is 4.23. The second-order valence-corrected chi connectivity index (χ2v) is 10.7. The summed E-state index contributed by atoms with van der Waals surface area (Å²) in [4.78, 5) is 12.4. The highest BCUT2D eigenvalue weighted by Crippen LogP contribution is 2.25. The van der Waals surface area contributed by atoms with Gasteiger partial charge in [0.05, 0.1) is 12.8 Å². The fourth-order valence-corrected chi connectivity index (χ4v) is 4.72. The number of carbonyl (C=O) groups excluding carboxylic acids is 1. The fraction of sp³-hybridized carbons (Fsp3) is 0.316. The Labute approximate surface area is 173 Å². The zero-order chi connectivity index (χ0) is 21.2. The van der Waals surface area contributed by atoms with Crippen LogP contribution in [-0.2, 0) is 22.0 Å². The molecular weight excluding hydrogens is 412 g/mol. The smallest absolute Gasteiger partial charge is 0.272 e. The maximum Gasteiger partial charge on any atom is 0.272 e. The molecule has 0 aliphatic carbocycles. The van der Waals surface area contributed by atoms with E-state index in [9.17, 15) is 13.2 Å². The van der Waals surface area contributed by atoms with Gasteiger partial charge < -0.3 is 4.42 Å². The van der Waals surface area contributed by atoms with Crippen molar-refractivity contribution < 1.29 is 17.6 Å². The molecule has 1 aromatic carbocycles. The Hall–Kier alpha value is -2.56. The van der Waals surface area contributed by atoms with Crippen LogP contribution in [0, 0.1) is 0 Å². The van der Waals surface area contributed by atoms with Crippen LogP contribution in [0.5, 0.6) is 0 Å². The number of furan rings is 1. The number of hydrogen-bond acceptors (Lipinski definition) is 7. The summed E-state index contributed by atoms with van der Waals surface area (Å²) in [7, 11) is -2.42. The molecule has 2 heterocycles. The van der Waals surface area contributed by atoms with Crippen molar-refractivity contribution in [2.75, 3.05) is 12.4 Å². The molecule has 0 radical (unpaired) electrons. The lowest BCUT2D eigenvalue weighted by molar-refractivity contribution is 0.102. The summed E-state index contributed by atoms with van der Waals surface area (Å²) in [6.45, 7) is 6.34. The number of carbonyl (C=O) groups is 1. The predicted molar refractivity (Wildman–Crippen MR) is 110 cm³/mol. The summed E-state index contributed by atoms with van der Waals surface area (Å²) >= 11 is 0.797. The highest BCUT2D eigenvalue weighted by Gasteiger charge is 2.27. The predicted octanol–water partition coefficient (Wildman–Crippen LogP) is 3.50. The molecule has 0 spiro atoms. The second kappa shape index (κ2) is 8.05. The molecule has 0 unspecified atom stereocenters. The molecule has 1 amide bonds. The molecule has 0 saturated heterocycles. The minimum atomic E-state index is -3.85. The number of sulfonamides is 1. The highest BCUT2D eigenvalue weighted by molar-refractivity contribution is 7.91. The lowest BCUT2D eigenvalue weighted by Crippen LogP contribution is -2.26. The number of aromatic nitrogens is 2. The molecule has 3 rings (SSSR count). The average Bonchev–Trinajstić information content (AvgIpc) is 3.33. The minimum absolute atomic E-state index is 0.0147. The van der Waals surface area contributed by atoms with E-state index in [1.165, 1.54) is 13.3 Å². The van der Waals surface area contributed by atoms with Crippen molar-refractivity contribution in [2.45, 2.75) is 37.1 Å². The van der Waals surface area contributed by atoms with Gasteiger partial charge >= 0.3 is 0 Å². The zero-order valence-electron chi connectivity index (χ0n) is 16.5. The van der Waals surface area contributed by atoms with Crippen LogP contribution in [0.2, 0.25) is 0 Å². The monoisotopic (exact) mass is 434 g/mol. The molecule has 1 N–H and O–H groups in total. The fourth-order valence-electron chi connectivity index (χ4n) is 2.50. The average molecular weight is 435 g/mol. The molecule has 29 heavy (non-hydrogen) atoms. The summed E-state index contributed by atoms with van der Waals surface area (Å²) in [6, 6.07) is 10.6. The summed E-state index contributed by atoms with van der Waals surface area (Å²) < 4.78 is 31.4. The van der Waals surface area contributed by atoms with Crippen LogP contribution >= 0.6 is 11.3 Å². The number of nitrogens with zero attached hydrogens (tertiary/aromatic N) is 3. The SMILES string of the molecule is CN(Cc1ccco1)S(=O)(=O)c1nnc(NC(=O)c2ccc(C(C)(C)C)cc2)s1. The summed E-state index contributed by atoms with van der Waals surface area (Å²) in [5.74, 6) is 0.127.